The van der Waals surface area contributed by atoms with Crippen molar-refractivity contribution >= 4 is 23.4 Å². The lowest BCUT2D eigenvalue weighted by atomic mass is 10.2. The minimum Gasteiger partial charge on any atom is -0.465 e. The smallest absolute Gasteiger partial charge is 0.319 e. The molecule has 1 aliphatic rings. The second-order valence-corrected chi connectivity index (χ2v) is 7.68. The zero-order valence-electron chi connectivity index (χ0n) is 15.7. The van der Waals surface area contributed by atoms with Crippen LogP contribution in [-0.4, -0.2) is 50.2 Å². The number of hydrogen-bond donors (Lipinski definition) is 0. The van der Waals surface area contributed by atoms with Crippen LogP contribution in [0.15, 0.2) is 29.4 Å². The molecular weight excluding hydrogens is 384 g/mol. The summed E-state index contributed by atoms with van der Waals surface area (Å²) >= 11 is 1.28. The van der Waals surface area contributed by atoms with Crippen molar-refractivity contribution in [2.24, 2.45) is 0 Å². The molecule has 0 saturated carbocycles. The van der Waals surface area contributed by atoms with Crippen LogP contribution in [-0.2, 0) is 20.8 Å². The molecule has 150 valence electrons. The predicted molar refractivity (Wildman–Crippen MR) is 103 cm³/mol. The molecule has 28 heavy (non-hydrogen) atoms. The number of carbonyl (C=O) groups excluding carboxylic acids is 1. The Hall–Kier alpha value is -2.46. The van der Waals surface area contributed by atoms with E-state index in [4.69, 9.17) is 9.47 Å². The lowest BCUT2D eigenvalue weighted by Gasteiger charge is -2.16. The highest BCUT2D eigenvalue weighted by atomic mass is 32.2. The minimum atomic E-state index is -0.441. The number of nitro benzene ring substituents is 1. The van der Waals surface area contributed by atoms with Crippen LogP contribution in [0.1, 0.15) is 26.7 Å². The van der Waals surface area contributed by atoms with E-state index >= 15 is 0 Å². The Labute approximate surface area is 166 Å². The number of nitrogens with zero attached hydrogens (tertiary/aromatic N) is 4. The van der Waals surface area contributed by atoms with Gasteiger partial charge in [0.15, 0.2) is 11.0 Å². The van der Waals surface area contributed by atoms with Crippen LogP contribution in [0.25, 0.3) is 11.4 Å². The number of hydrogen-bond acceptors (Lipinski definition) is 8. The van der Waals surface area contributed by atoms with Crippen molar-refractivity contribution in [2.45, 2.75) is 49.7 Å². The topological polar surface area (TPSA) is 109 Å². The summed E-state index contributed by atoms with van der Waals surface area (Å²) < 4.78 is 12.7. The van der Waals surface area contributed by atoms with Gasteiger partial charge in [-0.25, -0.2) is 0 Å². The van der Waals surface area contributed by atoms with Crippen LogP contribution in [0.3, 0.4) is 0 Å². The van der Waals surface area contributed by atoms with Gasteiger partial charge < -0.3 is 9.47 Å². The van der Waals surface area contributed by atoms with Crippen molar-refractivity contribution in [1.29, 1.82) is 0 Å². The number of carbonyl (C=O) groups is 1. The van der Waals surface area contributed by atoms with Crippen molar-refractivity contribution in [3.63, 3.8) is 0 Å². The molecule has 0 amide bonds. The molecule has 10 heteroatoms. The molecule has 2 aromatic rings. The predicted octanol–water partition coefficient (Wildman–Crippen LogP) is 3.08. The van der Waals surface area contributed by atoms with E-state index in [0.717, 1.165) is 19.4 Å². The molecule has 0 radical (unpaired) electrons. The average Bonchev–Trinajstić information content (AvgIpc) is 3.33. The largest absolute Gasteiger partial charge is 0.465 e. The molecule has 1 aromatic heterocycles. The van der Waals surface area contributed by atoms with Crippen LogP contribution in [0, 0.1) is 10.1 Å². The highest BCUT2D eigenvalue weighted by Gasteiger charge is 2.25. The summed E-state index contributed by atoms with van der Waals surface area (Å²) in [4.78, 5) is 22.4. The number of esters is 1. The van der Waals surface area contributed by atoms with Crippen LogP contribution in [0.2, 0.25) is 0 Å². The highest BCUT2D eigenvalue weighted by Crippen LogP contribution is 2.30. The molecule has 0 aliphatic carbocycles. The van der Waals surface area contributed by atoms with Crippen molar-refractivity contribution < 1.29 is 19.2 Å². The van der Waals surface area contributed by atoms with E-state index in [1.165, 1.54) is 23.9 Å². The number of non-ortho nitro benzene ring substituents is 1. The first-order chi connectivity index (χ1) is 13.5. The standard InChI is InChI=1S/C18H22N4O5S/c1-3-26-17(23)12(2)28-18-20-19-16(21(18)11-15-5-4-10-27-15)13-6-8-14(9-7-13)22(24)25/h6-9,12,15H,3-5,10-11H2,1-2H3/t12-,15-/m1/s1. The quantitative estimate of drug-likeness (QED) is 0.285. The first-order valence-electron chi connectivity index (χ1n) is 9.12. The van der Waals surface area contributed by atoms with Gasteiger partial charge in [0.2, 0.25) is 0 Å². The van der Waals surface area contributed by atoms with Crippen LogP contribution in [0.4, 0.5) is 5.69 Å². The normalized spacial score (nSPS) is 17.4. The molecule has 0 N–H and O–H groups in total. The molecular formula is C18H22N4O5S. The monoisotopic (exact) mass is 406 g/mol. The summed E-state index contributed by atoms with van der Waals surface area (Å²) in [5.74, 6) is 0.278. The van der Waals surface area contributed by atoms with Gasteiger partial charge in [0.05, 0.1) is 24.2 Å². The van der Waals surface area contributed by atoms with Gasteiger partial charge in [0.25, 0.3) is 5.69 Å². The third-order valence-electron chi connectivity index (χ3n) is 4.36. The fourth-order valence-corrected chi connectivity index (χ4v) is 3.80. The Balaban J connectivity index is 1.89. The summed E-state index contributed by atoms with van der Waals surface area (Å²) in [5, 5.41) is 19.6. The van der Waals surface area contributed by atoms with Crippen molar-refractivity contribution in [2.75, 3.05) is 13.2 Å². The van der Waals surface area contributed by atoms with E-state index in [1.54, 1.807) is 26.0 Å². The van der Waals surface area contributed by atoms with Crippen LogP contribution >= 0.6 is 11.8 Å². The maximum absolute atomic E-state index is 12.0. The second kappa shape index (κ2) is 9.16. The molecule has 0 bridgehead atoms. The molecule has 9 nitrogen and oxygen atoms in total. The molecule has 1 aliphatic heterocycles. The van der Waals surface area contributed by atoms with Crippen LogP contribution < -0.4 is 0 Å². The van der Waals surface area contributed by atoms with E-state index in [2.05, 4.69) is 10.2 Å². The maximum atomic E-state index is 12.0. The average molecular weight is 406 g/mol. The molecule has 0 unspecified atom stereocenters. The number of aromatic nitrogens is 3. The summed E-state index contributed by atoms with van der Waals surface area (Å²) in [7, 11) is 0. The lowest BCUT2D eigenvalue weighted by molar-refractivity contribution is -0.384. The molecule has 1 saturated heterocycles. The van der Waals surface area contributed by atoms with Crippen LogP contribution in [0.5, 0.6) is 0 Å². The Morgan fingerprint density at radius 1 is 1.43 bits per heavy atom. The fraction of sp³-hybridized carbons (Fsp3) is 0.500. The zero-order chi connectivity index (χ0) is 20.1. The number of nitro groups is 1. The minimum absolute atomic E-state index is 0.0134. The van der Waals surface area contributed by atoms with Gasteiger partial charge in [-0.05, 0) is 38.8 Å². The summed E-state index contributed by atoms with van der Waals surface area (Å²) in [5.41, 5.74) is 0.728. The second-order valence-electron chi connectivity index (χ2n) is 6.37. The van der Waals surface area contributed by atoms with Gasteiger partial charge in [0, 0.05) is 24.3 Å². The van der Waals surface area contributed by atoms with E-state index in [-0.39, 0.29) is 17.8 Å². The van der Waals surface area contributed by atoms with Crippen molar-refractivity contribution in [3.8, 4) is 11.4 Å². The molecule has 1 fully saturated rings. The summed E-state index contributed by atoms with van der Waals surface area (Å²) in [6, 6.07) is 6.18. The molecule has 1 aromatic carbocycles. The van der Waals surface area contributed by atoms with Gasteiger partial charge >= 0.3 is 5.97 Å². The Bertz CT molecular complexity index is 833. The molecule has 2 heterocycles. The van der Waals surface area contributed by atoms with E-state index < -0.39 is 10.2 Å². The first-order valence-corrected chi connectivity index (χ1v) is 10.0. The first kappa shape index (κ1) is 20.3. The number of rotatable bonds is 8. The third kappa shape index (κ3) is 4.68. The summed E-state index contributed by atoms with van der Waals surface area (Å²) in [6.45, 7) is 5.13. The zero-order valence-corrected chi connectivity index (χ0v) is 16.6. The Kier molecular flexibility index (Phi) is 6.63. The van der Waals surface area contributed by atoms with Crippen molar-refractivity contribution in [1.82, 2.24) is 14.8 Å². The third-order valence-corrected chi connectivity index (χ3v) is 5.42. The summed E-state index contributed by atoms with van der Waals surface area (Å²) in [6.07, 6.45) is 1.99. The Morgan fingerprint density at radius 2 is 2.18 bits per heavy atom. The number of benzene rings is 1. The fourth-order valence-electron chi connectivity index (χ4n) is 2.94. The highest BCUT2D eigenvalue weighted by molar-refractivity contribution is 8.00. The van der Waals surface area contributed by atoms with Gasteiger partial charge in [-0.3, -0.25) is 19.5 Å². The molecule has 2 atom stereocenters. The molecule has 3 rings (SSSR count). The van der Waals surface area contributed by atoms with Crippen molar-refractivity contribution in [3.05, 3.63) is 34.4 Å². The van der Waals surface area contributed by atoms with E-state index in [9.17, 15) is 14.9 Å². The van der Waals surface area contributed by atoms with E-state index in [1.807, 2.05) is 4.57 Å². The van der Waals surface area contributed by atoms with Gasteiger partial charge in [-0.1, -0.05) is 11.8 Å². The molecule has 0 spiro atoms. The van der Waals surface area contributed by atoms with Gasteiger partial charge in [-0.2, -0.15) is 0 Å². The maximum Gasteiger partial charge on any atom is 0.319 e. The number of ether oxygens (including phenoxy) is 2. The lowest BCUT2D eigenvalue weighted by Crippen LogP contribution is -2.20. The van der Waals surface area contributed by atoms with Gasteiger partial charge in [-0.15, -0.1) is 10.2 Å². The van der Waals surface area contributed by atoms with E-state index in [0.29, 0.717) is 29.7 Å². The number of thioether (sulfide) groups is 1. The Morgan fingerprint density at radius 3 is 2.79 bits per heavy atom. The van der Waals surface area contributed by atoms with Gasteiger partial charge in [0.1, 0.15) is 5.25 Å². The SMILES string of the molecule is CCOC(=O)[C@@H](C)Sc1nnc(-c2ccc([N+](=O)[O-])cc2)n1C[C@H]1CCCO1.